The molecule has 1 aromatic carbocycles. The van der Waals surface area contributed by atoms with Crippen LogP contribution in [-0.2, 0) is 4.79 Å². The third-order valence-corrected chi connectivity index (χ3v) is 3.74. The molecular formula is C14H18N2OS. The molecule has 0 aliphatic heterocycles. The Balaban J connectivity index is 2.84. The number of carbonyl (C=O) groups excluding carboxylic acids is 1. The molecule has 1 aromatic rings. The number of nitrogens with zero attached hydrogens (tertiary/aromatic N) is 2. The van der Waals surface area contributed by atoms with Gasteiger partial charge in [-0.1, -0.05) is 30.3 Å². The third-order valence-electron chi connectivity index (χ3n) is 2.93. The van der Waals surface area contributed by atoms with Crippen molar-refractivity contribution in [1.82, 2.24) is 4.90 Å². The van der Waals surface area contributed by atoms with E-state index in [1.165, 1.54) is 0 Å². The van der Waals surface area contributed by atoms with Crippen LogP contribution < -0.4 is 0 Å². The predicted octanol–water partition coefficient (Wildman–Crippen LogP) is 2.50. The molecule has 0 heterocycles. The molecule has 0 bridgehead atoms. The Bertz CT molecular complexity index is 427. The fraction of sp³-hybridized carbons (Fsp3) is 0.429. The fourth-order valence-corrected chi connectivity index (χ4v) is 2.40. The van der Waals surface area contributed by atoms with E-state index in [1.54, 1.807) is 23.7 Å². The number of amides is 1. The molecule has 0 N–H and O–H groups in total. The van der Waals surface area contributed by atoms with Crippen molar-refractivity contribution in [2.75, 3.05) is 19.1 Å². The van der Waals surface area contributed by atoms with Gasteiger partial charge in [0.15, 0.2) is 0 Å². The molecule has 0 fully saturated rings. The largest absolute Gasteiger partial charge is 0.341 e. The van der Waals surface area contributed by atoms with E-state index in [2.05, 4.69) is 6.07 Å². The lowest BCUT2D eigenvalue weighted by Crippen LogP contribution is -2.39. The number of hydrogen-bond acceptors (Lipinski definition) is 3. The molecule has 1 amide bonds. The highest BCUT2D eigenvalue weighted by atomic mass is 32.2. The molecule has 4 heteroatoms. The van der Waals surface area contributed by atoms with Gasteiger partial charge in [-0.15, -0.1) is 0 Å². The summed E-state index contributed by atoms with van der Waals surface area (Å²) in [6, 6.07) is 11.4. The summed E-state index contributed by atoms with van der Waals surface area (Å²) in [7, 11) is 1.76. The van der Waals surface area contributed by atoms with Crippen molar-refractivity contribution in [3.63, 3.8) is 0 Å². The standard InChI is InChI=1S/C14H18N2OS/c1-11(10-18-3)16(2)14(17)13(9-15)12-7-5-4-6-8-12/h4-8,11,13H,10H2,1-3H3. The molecule has 0 spiro atoms. The van der Waals surface area contributed by atoms with Crippen LogP contribution in [0.3, 0.4) is 0 Å². The first kappa shape index (κ1) is 14.6. The van der Waals surface area contributed by atoms with E-state index in [1.807, 2.05) is 43.5 Å². The van der Waals surface area contributed by atoms with Gasteiger partial charge < -0.3 is 4.90 Å². The van der Waals surface area contributed by atoms with E-state index >= 15 is 0 Å². The van der Waals surface area contributed by atoms with Gasteiger partial charge in [0.25, 0.3) is 0 Å². The van der Waals surface area contributed by atoms with Crippen molar-refractivity contribution in [2.45, 2.75) is 18.9 Å². The van der Waals surface area contributed by atoms with Gasteiger partial charge in [-0.3, -0.25) is 4.79 Å². The molecule has 0 aliphatic carbocycles. The molecular weight excluding hydrogens is 244 g/mol. The molecule has 1 rings (SSSR count). The van der Waals surface area contributed by atoms with Gasteiger partial charge in [-0.2, -0.15) is 17.0 Å². The molecule has 96 valence electrons. The van der Waals surface area contributed by atoms with Crippen LogP contribution in [0.4, 0.5) is 0 Å². The first-order valence-corrected chi connectivity index (χ1v) is 7.21. The Labute approximate surface area is 113 Å². The zero-order valence-corrected chi connectivity index (χ0v) is 11.8. The fourth-order valence-electron chi connectivity index (χ4n) is 1.69. The van der Waals surface area contributed by atoms with Crippen molar-refractivity contribution < 1.29 is 4.79 Å². The normalized spacial score (nSPS) is 13.4. The molecule has 0 radical (unpaired) electrons. The number of hydrogen-bond donors (Lipinski definition) is 0. The van der Waals surface area contributed by atoms with Gasteiger partial charge in [0.2, 0.25) is 5.91 Å². The number of rotatable bonds is 5. The van der Waals surface area contributed by atoms with Gasteiger partial charge in [-0.25, -0.2) is 0 Å². The summed E-state index contributed by atoms with van der Waals surface area (Å²) in [6.07, 6.45) is 2.01. The Morgan fingerprint density at radius 2 is 2.06 bits per heavy atom. The average Bonchev–Trinajstić information content (AvgIpc) is 2.40. The van der Waals surface area contributed by atoms with E-state index in [4.69, 9.17) is 0 Å². The first-order valence-electron chi connectivity index (χ1n) is 5.82. The van der Waals surface area contributed by atoms with Gasteiger partial charge >= 0.3 is 0 Å². The maximum atomic E-state index is 12.3. The highest BCUT2D eigenvalue weighted by Crippen LogP contribution is 2.18. The maximum absolute atomic E-state index is 12.3. The van der Waals surface area contributed by atoms with Crippen molar-refractivity contribution in [2.24, 2.45) is 0 Å². The minimum atomic E-state index is -0.708. The third kappa shape index (κ3) is 3.51. The quantitative estimate of drug-likeness (QED) is 0.819. The summed E-state index contributed by atoms with van der Waals surface area (Å²) in [6.45, 7) is 1.99. The highest BCUT2D eigenvalue weighted by Gasteiger charge is 2.25. The molecule has 0 aromatic heterocycles. The number of carbonyl (C=O) groups is 1. The Morgan fingerprint density at radius 1 is 1.44 bits per heavy atom. The second-order valence-corrected chi connectivity index (χ2v) is 5.14. The number of thioether (sulfide) groups is 1. The number of nitriles is 1. The predicted molar refractivity (Wildman–Crippen MR) is 75.4 cm³/mol. The SMILES string of the molecule is CSCC(C)N(C)C(=O)C(C#N)c1ccccc1. The summed E-state index contributed by atoms with van der Waals surface area (Å²) in [5.41, 5.74) is 0.758. The van der Waals surface area contributed by atoms with Crippen LogP contribution in [0, 0.1) is 11.3 Å². The van der Waals surface area contributed by atoms with E-state index in [-0.39, 0.29) is 11.9 Å². The van der Waals surface area contributed by atoms with Crippen molar-refractivity contribution in [1.29, 1.82) is 5.26 Å². The molecule has 3 nitrogen and oxygen atoms in total. The van der Waals surface area contributed by atoms with Crippen LogP contribution in [0.25, 0.3) is 0 Å². The van der Waals surface area contributed by atoms with E-state index in [0.717, 1.165) is 11.3 Å². The van der Waals surface area contributed by atoms with Crippen molar-refractivity contribution in [3.8, 4) is 6.07 Å². The van der Waals surface area contributed by atoms with Gasteiger partial charge in [-0.05, 0) is 18.7 Å². The lowest BCUT2D eigenvalue weighted by Gasteiger charge is -2.26. The lowest BCUT2D eigenvalue weighted by atomic mass is 9.99. The zero-order chi connectivity index (χ0) is 13.5. The second-order valence-electron chi connectivity index (χ2n) is 4.23. The zero-order valence-electron chi connectivity index (χ0n) is 11.0. The smallest absolute Gasteiger partial charge is 0.244 e. The molecule has 0 saturated carbocycles. The van der Waals surface area contributed by atoms with Crippen LogP contribution >= 0.6 is 11.8 Å². The van der Waals surface area contributed by atoms with Crippen LogP contribution in [0.2, 0.25) is 0 Å². The summed E-state index contributed by atoms with van der Waals surface area (Å²) in [5, 5.41) is 9.21. The summed E-state index contributed by atoms with van der Waals surface area (Å²) >= 11 is 1.69. The van der Waals surface area contributed by atoms with Crippen LogP contribution in [0.5, 0.6) is 0 Å². The van der Waals surface area contributed by atoms with E-state index in [9.17, 15) is 10.1 Å². The Morgan fingerprint density at radius 3 is 2.56 bits per heavy atom. The van der Waals surface area contributed by atoms with Gasteiger partial charge in [0.05, 0.1) is 6.07 Å². The number of likely N-dealkylation sites (N-methyl/N-ethyl adjacent to an activating group) is 1. The van der Waals surface area contributed by atoms with Gasteiger partial charge in [0, 0.05) is 18.8 Å². The maximum Gasteiger partial charge on any atom is 0.244 e. The average molecular weight is 262 g/mol. The van der Waals surface area contributed by atoms with Crippen LogP contribution in [0.15, 0.2) is 30.3 Å². The van der Waals surface area contributed by atoms with E-state index in [0.29, 0.717) is 0 Å². The topological polar surface area (TPSA) is 44.1 Å². The minimum Gasteiger partial charge on any atom is -0.341 e. The first-order chi connectivity index (χ1) is 8.61. The van der Waals surface area contributed by atoms with E-state index < -0.39 is 5.92 Å². The molecule has 0 saturated heterocycles. The summed E-state index contributed by atoms with van der Waals surface area (Å²) in [4.78, 5) is 13.9. The minimum absolute atomic E-state index is 0.132. The molecule has 0 aliphatic rings. The van der Waals surface area contributed by atoms with Crippen LogP contribution in [-0.4, -0.2) is 35.9 Å². The summed E-state index contributed by atoms with van der Waals surface area (Å²) < 4.78 is 0. The van der Waals surface area contributed by atoms with Crippen molar-refractivity contribution in [3.05, 3.63) is 35.9 Å². The molecule has 2 atom stereocenters. The summed E-state index contributed by atoms with van der Waals surface area (Å²) in [5.74, 6) is 0.0283. The number of benzene rings is 1. The Kier molecular flexibility index (Phi) is 5.73. The second kappa shape index (κ2) is 7.07. The highest BCUT2D eigenvalue weighted by molar-refractivity contribution is 7.98. The molecule has 18 heavy (non-hydrogen) atoms. The van der Waals surface area contributed by atoms with Crippen LogP contribution in [0.1, 0.15) is 18.4 Å². The van der Waals surface area contributed by atoms with Gasteiger partial charge in [0.1, 0.15) is 5.92 Å². The lowest BCUT2D eigenvalue weighted by molar-refractivity contribution is -0.131. The van der Waals surface area contributed by atoms with Crippen molar-refractivity contribution >= 4 is 17.7 Å². The monoisotopic (exact) mass is 262 g/mol. The Hall–Kier alpha value is -1.47. The molecule has 2 unspecified atom stereocenters.